The molecule has 144 valence electrons. The minimum atomic E-state index is -0.562. The summed E-state index contributed by atoms with van der Waals surface area (Å²) in [7, 11) is 1.64. The first-order valence-electron chi connectivity index (χ1n) is 9.61. The lowest BCUT2D eigenvalue weighted by molar-refractivity contribution is -0.128. The fourth-order valence-electron chi connectivity index (χ4n) is 4.20. The summed E-state index contributed by atoms with van der Waals surface area (Å²) in [6, 6.07) is -0.219. The molecule has 0 radical (unpaired) electrons. The summed E-state index contributed by atoms with van der Waals surface area (Å²) in [5.41, 5.74) is -0.562. The Morgan fingerprint density at radius 3 is 2.58 bits per heavy atom. The molecule has 2 N–H and O–H groups in total. The van der Waals surface area contributed by atoms with Crippen LogP contribution in [0, 0.1) is 6.92 Å². The molecule has 26 heavy (non-hydrogen) atoms. The molecule has 1 aromatic heterocycles. The molecule has 0 bridgehead atoms. The maximum absolute atomic E-state index is 12.9. The van der Waals surface area contributed by atoms with E-state index in [1.54, 1.807) is 14.0 Å². The van der Waals surface area contributed by atoms with Crippen LogP contribution in [-0.2, 0) is 15.1 Å². The SMILES string of the molecule is CNC(=O)C1CCCN1CC(=O)NC1(c2noc(C)n2)CCCCCC1. The van der Waals surface area contributed by atoms with Gasteiger partial charge in [-0.2, -0.15) is 4.98 Å². The minimum absolute atomic E-state index is 0.0201. The van der Waals surface area contributed by atoms with Crippen LogP contribution in [0.4, 0.5) is 0 Å². The molecule has 3 rings (SSSR count). The van der Waals surface area contributed by atoms with E-state index in [1.807, 2.05) is 4.90 Å². The highest BCUT2D eigenvalue weighted by Crippen LogP contribution is 2.34. The van der Waals surface area contributed by atoms with Crippen LogP contribution in [-0.4, -0.2) is 53.0 Å². The molecule has 0 spiro atoms. The highest BCUT2D eigenvalue weighted by molar-refractivity contribution is 5.84. The maximum atomic E-state index is 12.9. The number of nitrogens with one attached hydrogen (secondary N) is 2. The number of aryl methyl sites for hydroxylation is 1. The summed E-state index contributed by atoms with van der Waals surface area (Å²) in [4.78, 5) is 31.2. The molecule has 1 saturated heterocycles. The van der Waals surface area contributed by atoms with Gasteiger partial charge in [-0.1, -0.05) is 30.8 Å². The van der Waals surface area contributed by atoms with Crippen LogP contribution in [0.1, 0.15) is 63.1 Å². The van der Waals surface area contributed by atoms with Gasteiger partial charge in [0.25, 0.3) is 0 Å². The molecule has 1 atom stereocenters. The number of aromatic nitrogens is 2. The number of hydrogen-bond donors (Lipinski definition) is 2. The maximum Gasteiger partial charge on any atom is 0.237 e. The topological polar surface area (TPSA) is 100 Å². The fraction of sp³-hybridized carbons (Fsp3) is 0.778. The highest BCUT2D eigenvalue weighted by atomic mass is 16.5. The van der Waals surface area contributed by atoms with E-state index in [4.69, 9.17) is 4.52 Å². The average molecular weight is 363 g/mol. The summed E-state index contributed by atoms with van der Waals surface area (Å²) < 4.78 is 5.19. The fourth-order valence-corrected chi connectivity index (χ4v) is 4.20. The average Bonchev–Trinajstić information content (AvgIpc) is 3.19. The van der Waals surface area contributed by atoms with Gasteiger partial charge in [0.15, 0.2) is 5.82 Å². The Kier molecular flexibility index (Phi) is 5.90. The van der Waals surface area contributed by atoms with E-state index >= 15 is 0 Å². The number of rotatable bonds is 5. The zero-order valence-corrected chi connectivity index (χ0v) is 15.7. The Morgan fingerprint density at radius 1 is 1.23 bits per heavy atom. The Morgan fingerprint density at radius 2 is 1.96 bits per heavy atom. The predicted molar refractivity (Wildman–Crippen MR) is 95.2 cm³/mol. The Hall–Kier alpha value is -1.96. The second-order valence-corrected chi connectivity index (χ2v) is 7.42. The van der Waals surface area contributed by atoms with Gasteiger partial charge in [-0.05, 0) is 32.2 Å². The standard InChI is InChI=1S/C18H29N5O3/c1-13-20-17(22-26-13)18(9-5-3-4-6-10-18)21-15(24)12-23-11-7-8-14(23)16(25)19-2/h14H,3-12H2,1-2H3,(H,19,25)(H,21,24). The van der Waals surface area contributed by atoms with E-state index in [-0.39, 0.29) is 24.4 Å². The molecule has 0 aromatic carbocycles. The van der Waals surface area contributed by atoms with Crippen molar-refractivity contribution >= 4 is 11.8 Å². The van der Waals surface area contributed by atoms with Crippen molar-refractivity contribution in [2.45, 2.75) is 69.9 Å². The van der Waals surface area contributed by atoms with Crippen LogP contribution < -0.4 is 10.6 Å². The van der Waals surface area contributed by atoms with E-state index in [0.29, 0.717) is 11.7 Å². The molecule has 1 aliphatic carbocycles. The third-order valence-corrected chi connectivity index (χ3v) is 5.55. The van der Waals surface area contributed by atoms with Crippen molar-refractivity contribution in [2.75, 3.05) is 20.1 Å². The lowest BCUT2D eigenvalue weighted by atomic mass is 9.89. The molecule has 8 heteroatoms. The smallest absolute Gasteiger partial charge is 0.237 e. The van der Waals surface area contributed by atoms with Crippen molar-refractivity contribution in [3.8, 4) is 0 Å². The Balaban J connectivity index is 1.72. The molecule has 8 nitrogen and oxygen atoms in total. The third kappa shape index (κ3) is 4.06. The van der Waals surface area contributed by atoms with Crippen LogP contribution >= 0.6 is 0 Å². The highest BCUT2D eigenvalue weighted by Gasteiger charge is 2.40. The molecular weight excluding hydrogens is 334 g/mol. The van der Waals surface area contributed by atoms with Gasteiger partial charge in [-0.3, -0.25) is 14.5 Å². The number of likely N-dealkylation sites (tertiary alicyclic amines) is 1. The second kappa shape index (κ2) is 8.16. The van der Waals surface area contributed by atoms with Crippen molar-refractivity contribution < 1.29 is 14.1 Å². The van der Waals surface area contributed by atoms with Gasteiger partial charge in [0.2, 0.25) is 17.7 Å². The Bertz CT molecular complexity index is 637. The molecule has 2 heterocycles. The molecule has 1 aromatic rings. The number of amides is 2. The number of likely N-dealkylation sites (N-methyl/N-ethyl adjacent to an activating group) is 1. The van der Waals surface area contributed by atoms with Crippen LogP contribution in [0.25, 0.3) is 0 Å². The Labute approximate surface area is 154 Å². The zero-order chi connectivity index (χ0) is 18.6. The first-order chi connectivity index (χ1) is 12.5. The van der Waals surface area contributed by atoms with Crippen LogP contribution in [0.15, 0.2) is 4.52 Å². The molecular formula is C18H29N5O3. The van der Waals surface area contributed by atoms with E-state index in [9.17, 15) is 9.59 Å². The van der Waals surface area contributed by atoms with Crippen LogP contribution in [0.5, 0.6) is 0 Å². The van der Waals surface area contributed by atoms with Gasteiger partial charge in [0.1, 0.15) is 5.54 Å². The summed E-state index contributed by atoms with van der Waals surface area (Å²) in [6.07, 6.45) is 7.71. The van der Waals surface area contributed by atoms with Gasteiger partial charge in [0, 0.05) is 14.0 Å². The number of carbonyl (C=O) groups is 2. The molecule has 2 fully saturated rings. The van der Waals surface area contributed by atoms with Gasteiger partial charge in [0.05, 0.1) is 12.6 Å². The molecule has 1 saturated carbocycles. The number of carbonyl (C=O) groups excluding carboxylic acids is 2. The van der Waals surface area contributed by atoms with Crippen molar-refractivity contribution in [1.82, 2.24) is 25.7 Å². The van der Waals surface area contributed by atoms with Crippen molar-refractivity contribution in [3.05, 3.63) is 11.7 Å². The van der Waals surface area contributed by atoms with Gasteiger partial charge >= 0.3 is 0 Å². The lowest BCUT2D eigenvalue weighted by Crippen LogP contribution is -2.52. The molecule has 1 aliphatic heterocycles. The lowest BCUT2D eigenvalue weighted by Gasteiger charge is -2.32. The van der Waals surface area contributed by atoms with Gasteiger partial charge in [-0.15, -0.1) is 0 Å². The minimum Gasteiger partial charge on any atom is -0.358 e. The summed E-state index contributed by atoms with van der Waals surface area (Å²) in [5, 5.41) is 10.0. The van der Waals surface area contributed by atoms with Crippen LogP contribution in [0.3, 0.4) is 0 Å². The number of nitrogens with zero attached hydrogens (tertiary/aromatic N) is 3. The van der Waals surface area contributed by atoms with E-state index < -0.39 is 5.54 Å². The molecule has 1 unspecified atom stereocenters. The second-order valence-electron chi connectivity index (χ2n) is 7.42. The summed E-state index contributed by atoms with van der Waals surface area (Å²) >= 11 is 0. The van der Waals surface area contributed by atoms with Crippen LogP contribution in [0.2, 0.25) is 0 Å². The van der Waals surface area contributed by atoms with Crippen molar-refractivity contribution in [3.63, 3.8) is 0 Å². The monoisotopic (exact) mass is 363 g/mol. The quantitative estimate of drug-likeness (QED) is 0.764. The first kappa shape index (κ1) is 18.8. The largest absolute Gasteiger partial charge is 0.358 e. The van der Waals surface area contributed by atoms with Crippen molar-refractivity contribution in [2.24, 2.45) is 0 Å². The zero-order valence-electron chi connectivity index (χ0n) is 15.7. The van der Waals surface area contributed by atoms with Gasteiger partial charge < -0.3 is 15.2 Å². The number of hydrogen-bond acceptors (Lipinski definition) is 6. The summed E-state index contributed by atoms with van der Waals surface area (Å²) in [5.74, 6) is 0.991. The first-order valence-corrected chi connectivity index (χ1v) is 9.61. The van der Waals surface area contributed by atoms with E-state index in [1.165, 1.54) is 0 Å². The van der Waals surface area contributed by atoms with Crippen molar-refractivity contribution in [1.29, 1.82) is 0 Å². The van der Waals surface area contributed by atoms with Gasteiger partial charge in [-0.25, -0.2) is 0 Å². The summed E-state index contributed by atoms with van der Waals surface area (Å²) in [6.45, 7) is 2.75. The third-order valence-electron chi connectivity index (χ3n) is 5.55. The molecule has 2 aliphatic rings. The molecule has 2 amide bonds. The van der Waals surface area contributed by atoms with E-state index in [2.05, 4.69) is 20.8 Å². The normalized spacial score (nSPS) is 23.4. The predicted octanol–water partition coefficient (Wildman–Crippen LogP) is 1.25. The van der Waals surface area contributed by atoms with E-state index in [0.717, 1.165) is 57.9 Å².